The molecule has 0 radical (unpaired) electrons. The van der Waals surface area contributed by atoms with Crippen LogP contribution in [0.5, 0.6) is 0 Å². The van der Waals surface area contributed by atoms with Crippen molar-refractivity contribution in [3.8, 4) is 5.69 Å². The lowest BCUT2D eigenvalue weighted by Gasteiger charge is -2.21. The van der Waals surface area contributed by atoms with Crippen molar-refractivity contribution in [2.24, 2.45) is 23.7 Å². The normalized spacial score (nSPS) is 29.2. The van der Waals surface area contributed by atoms with E-state index < -0.39 is 0 Å². The number of hydrogen-bond acceptors (Lipinski definition) is 3. The summed E-state index contributed by atoms with van der Waals surface area (Å²) in [6.45, 7) is 5.15. The molecule has 156 valence electrons. The van der Waals surface area contributed by atoms with Crippen LogP contribution in [0.15, 0.2) is 35.3 Å². The second kappa shape index (κ2) is 6.81. The number of amides is 1. The van der Waals surface area contributed by atoms with E-state index in [9.17, 15) is 9.59 Å². The molecule has 1 aromatic heterocycles. The van der Waals surface area contributed by atoms with E-state index in [1.165, 1.54) is 11.1 Å². The van der Waals surface area contributed by atoms with Crippen molar-refractivity contribution in [3.63, 3.8) is 0 Å². The van der Waals surface area contributed by atoms with Crippen LogP contribution in [-0.2, 0) is 17.6 Å². The number of carbonyl (C=O) groups is 1. The molecule has 3 heterocycles. The summed E-state index contributed by atoms with van der Waals surface area (Å²) >= 11 is 0. The zero-order valence-corrected chi connectivity index (χ0v) is 17.5. The highest BCUT2D eigenvalue weighted by molar-refractivity contribution is 5.95. The minimum Gasteiger partial charge on any atom is -0.381 e. The molecule has 1 amide bonds. The minimum absolute atomic E-state index is 0.0932. The Kier molecular flexibility index (Phi) is 4.17. The Hall–Kier alpha value is -2.40. The first-order valence-corrected chi connectivity index (χ1v) is 11.3. The molecular weight excluding hydrogens is 376 g/mol. The van der Waals surface area contributed by atoms with Gasteiger partial charge in [0.1, 0.15) is 5.56 Å². The Morgan fingerprint density at radius 1 is 1.07 bits per heavy atom. The number of carbonyl (C=O) groups excluding carboxylic acids is 1. The fraction of sp³-hybridized carbons (Fsp3) is 0.520. The Bertz CT molecular complexity index is 1090. The Morgan fingerprint density at radius 3 is 2.87 bits per heavy atom. The number of aromatic nitrogens is 1. The van der Waals surface area contributed by atoms with Crippen molar-refractivity contribution in [1.29, 1.82) is 0 Å². The van der Waals surface area contributed by atoms with Gasteiger partial charge in [-0.1, -0.05) is 12.1 Å². The Balaban J connectivity index is 1.34. The van der Waals surface area contributed by atoms with Crippen molar-refractivity contribution < 1.29 is 9.53 Å². The summed E-state index contributed by atoms with van der Waals surface area (Å²) in [5.41, 5.74) is 4.45. The molecule has 4 aliphatic rings. The Labute approximate surface area is 176 Å². The van der Waals surface area contributed by atoms with E-state index in [4.69, 9.17) is 4.74 Å². The third kappa shape index (κ3) is 2.64. The summed E-state index contributed by atoms with van der Waals surface area (Å²) in [5, 5.41) is 0. The van der Waals surface area contributed by atoms with Gasteiger partial charge in [-0.05, 0) is 85.1 Å². The molecule has 5 heteroatoms. The third-order valence-electron chi connectivity index (χ3n) is 8.08. The van der Waals surface area contributed by atoms with E-state index in [0.717, 1.165) is 63.2 Å². The third-order valence-corrected chi connectivity index (χ3v) is 8.08. The van der Waals surface area contributed by atoms with Gasteiger partial charge in [-0.25, -0.2) is 0 Å². The van der Waals surface area contributed by atoms with Gasteiger partial charge in [0.25, 0.3) is 11.5 Å². The highest BCUT2D eigenvalue weighted by Gasteiger charge is 2.51. The number of fused-ring (bicyclic) bond motifs is 4. The lowest BCUT2D eigenvalue weighted by atomic mass is 9.91. The fourth-order valence-electron chi connectivity index (χ4n) is 6.58. The van der Waals surface area contributed by atoms with Crippen LogP contribution in [0.25, 0.3) is 5.69 Å². The fourth-order valence-corrected chi connectivity index (χ4v) is 6.58. The van der Waals surface area contributed by atoms with Gasteiger partial charge in [-0.2, -0.15) is 0 Å². The molecule has 0 unspecified atom stereocenters. The lowest BCUT2D eigenvalue weighted by Crippen LogP contribution is -2.37. The summed E-state index contributed by atoms with van der Waals surface area (Å²) < 4.78 is 7.38. The standard InChI is InChI=1S/C25H28N2O3/c1-15-8-9-27(22-7-3-5-16-4-2-6-19(16)22)25(29)23(15)24(28)26-11-17-10-18-13-30-14-21(18)20(17)12-26/h3,5,7-9,17-18,20-21H,2,4,6,10-14H2,1H3/t17-,18+,20+,21-/m0/s1. The topological polar surface area (TPSA) is 51.5 Å². The molecule has 4 atom stereocenters. The van der Waals surface area contributed by atoms with Gasteiger partial charge in [0.2, 0.25) is 0 Å². The van der Waals surface area contributed by atoms with Gasteiger partial charge >= 0.3 is 0 Å². The zero-order valence-electron chi connectivity index (χ0n) is 17.5. The van der Waals surface area contributed by atoms with Gasteiger partial charge in [0, 0.05) is 25.9 Å². The molecule has 1 saturated carbocycles. The van der Waals surface area contributed by atoms with Gasteiger partial charge in [0.15, 0.2) is 0 Å². The molecule has 0 N–H and O–H groups in total. The summed E-state index contributed by atoms with van der Waals surface area (Å²) in [6.07, 6.45) is 6.18. The first-order chi connectivity index (χ1) is 14.6. The van der Waals surface area contributed by atoms with E-state index >= 15 is 0 Å². The van der Waals surface area contributed by atoms with E-state index in [2.05, 4.69) is 6.07 Å². The molecule has 2 aliphatic heterocycles. The predicted molar refractivity (Wildman–Crippen MR) is 114 cm³/mol. The molecule has 5 nitrogen and oxygen atoms in total. The summed E-state index contributed by atoms with van der Waals surface area (Å²) in [4.78, 5) is 29.0. The van der Waals surface area contributed by atoms with Crippen LogP contribution >= 0.6 is 0 Å². The van der Waals surface area contributed by atoms with Crippen LogP contribution in [-0.4, -0.2) is 41.7 Å². The maximum Gasteiger partial charge on any atom is 0.268 e. The van der Waals surface area contributed by atoms with Crippen LogP contribution in [0.4, 0.5) is 0 Å². The molecule has 30 heavy (non-hydrogen) atoms. The van der Waals surface area contributed by atoms with E-state index in [1.807, 2.05) is 36.2 Å². The zero-order chi connectivity index (χ0) is 20.4. The number of hydrogen-bond donors (Lipinski definition) is 0. The maximum absolute atomic E-state index is 13.5. The average Bonchev–Trinajstić information content (AvgIpc) is 3.49. The average molecular weight is 405 g/mol. The van der Waals surface area contributed by atoms with Crippen molar-refractivity contribution in [2.75, 3.05) is 26.3 Å². The molecule has 3 fully saturated rings. The summed E-state index contributed by atoms with van der Waals surface area (Å²) in [5.74, 6) is 2.27. The highest BCUT2D eigenvalue weighted by Crippen LogP contribution is 2.48. The number of rotatable bonds is 2. The number of nitrogens with zero attached hydrogens (tertiary/aromatic N) is 2. The largest absolute Gasteiger partial charge is 0.381 e. The monoisotopic (exact) mass is 404 g/mol. The molecule has 1 aromatic carbocycles. The first kappa shape index (κ1) is 18.4. The van der Waals surface area contributed by atoms with Crippen LogP contribution in [0.3, 0.4) is 0 Å². The second-order valence-corrected chi connectivity index (χ2v) is 9.65. The molecule has 2 aromatic rings. The van der Waals surface area contributed by atoms with E-state index in [1.54, 1.807) is 4.57 Å². The van der Waals surface area contributed by atoms with E-state index in [-0.39, 0.29) is 11.5 Å². The molecule has 0 bridgehead atoms. The van der Waals surface area contributed by atoms with Gasteiger partial charge < -0.3 is 9.64 Å². The number of pyridine rings is 1. The van der Waals surface area contributed by atoms with Gasteiger partial charge in [-0.15, -0.1) is 0 Å². The number of benzene rings is 1. The predicted octanol–water partition coefficient (Wildman–Crippen LogP) is 2.99. The first-order valence-electron chi connectivity index (χ1n) is 11.3. The molecule has 2 saturated heterocycles. The van der Waals surface area contributed by atoms with E-state index in [0.29, 0.717) is 29.2 Å². The van der Waals surface area contributed by atoms with Crippen LogP contribution in [0.1, 0.15) is 39.9 Å². The number of aryl methyl sites for hydroxylation is 2. The highest BCUT2D eigenvalue weighted by atomic mass is 16.5. The maximum atomic E-state index is 13.5. The van der Waals surface area contributed by atoms with Crippen molar-refractivity contribution in [1.82, 2.24) is 9.47 Å². The number of ether oxygens (including phenoxy) is 1. The van der Waals surface area contributed by atoms with Crippen LogP contribution < -0.4 is 5.56 Å². The van der Waals surface area contributed by atoms with Crippen molar-refractivity contribution in [2.45, 2.75) is 32.6 Å². The van der Waals surface area contributed by atoms with Crippen LogP contribution in [0, 0.1) is 30.6 Å². The van der Waals surface area contributed by atoms with Crippen molar-refractivity contribution in [3.05, 3.63) is 63.1 Å². The van der Waals surface area contributed by atoms with Crippen molar-refractivity contribution >= 4 is 5.91 Å². The quantitative estimate of drug-likeness (QED) is 0.773. The molecule has 0 spiro atoms. The Morgan fingerprint density at radius 2 is 1.97 bits per heavy atom. The summed E-state index contributed by atoms with van der Waals surface area (Å²) in [6, 6.07) is 8.10. The van der Waals surface area contributed by atoms with Crippen LogP contribution in [0.2, 0.25) is 0 Å². The molecule has 6 rings (SSSR count). The minimum atomic E-state index is -0.181. The SMILES string of the molecule is Cc1ccn(-c2cccc3c2CCC3)c(=O)c1C(=O)N1C[C@@H]2C[C@@H]3COC[C@@H]3[C@@H]2C1. The molecular formula is C25H28N2O3. The summed E-state index contributed by atoms with van der Waals surface area (Å²) in [7, 11) is 0. The molecule has 2 aliphatic carbocycles. The smallest absolute Gasteiger partial charge is 0.268 e. The van der Waals surface area contributed by atoms with Gasteiger partial charge in [0.05, 0.1) is 12.3 Å². The van der Waals surface area contributed by atoms with Gasteiger partial charge in [-0.3, -0.25) is 14.2 Å². The number of likely N-dealkylation sites (tertiary alicyclic amines) is 1. The lowest BCUT2D eigenvalue weighted by molar-refractivity contribution is 0.0771. The second-order valence-electron chi connectivity index (χ2n) is 9.65.